The third kappa shape index (κ3) is 1.50. The van der Waals surface area contributed by atoms with Crippen LogP contribution in [-0.2, 0) is 6.54 Å². The maximum absolute atomic E-state index is 5.96. The van der Waals surface area contributed by atoms with Gasteiger partial charge in [0.25, 0.3) is 0 Å². The summed E-state index contributed by atoms with van der Waals surface area (Å²) in [6, 6.07) is 7.73. The molecule has 0 fully saturated rings. The maximum Gasteiger partial charge on any atom is 0.0888 e. The lowest BCUT2D eigenvalue weighted by atomic mass is 10.1. The summed E-state index contributed by atoms with van der Waals surface area (Å²) in [5.74, 6) is 0. The van der Waals surface area contributed by atoms with E-state index >= 15 is 0 Å². The minimum absolute atomic E-state index is 0.509. The fourth-order valence-corrected chi connectivity index (χ4v) is 1.51. The molecule has 0 saturated heterocycles. The molecule has 3 heteroatoms. The second-order valence-corrected chi connectivity index (χ2v) is 3.27. The molecule has 1 aromatic carbocycles. The summed E-state index contributed by atoms with van der Waals surface area (Å²) in [7, 11) is 0. The summed E-state index contributed by atoms with van der Waals surface area (Å²) in [5, 5.41) is 1.72. The van der Waals surface area contributed by atoms with Gasteiger partial charge in [-0.1, -0.05) is 23.7 Å². The number of nitrogens with zero attached hydrogens (tertiary/aromatic N) is 1. The topological polar surface area (TPSA) is 38.9 Å². The lowest BCUT2D eigenvalue weighted by molar-refractivity contribution is 1.06. The lowest BCUT2D eigenvalue weighted by Crippen LogP contribution is -1.96. The van der Waals surface area contributed by atoms with E-state index in [2.05, 4.69) is 4.98 Å². The second kappa shape index (κ2) is 3.32. The molecule has 0 aliphatic heterocycles. The van der Waals surface area contributed by atoms with Crippen LogP contribution >= 0.6 is 11.6 Å². The van der Waals surface area contributed by atoms with Crippen LogP contribution in [0.3, 0.4) is 0 Å². The zero-order valence-electron chi connectivity index (χ0n) is 7.00. The number of aromatic nitrogens is 1. The SMILES string of the molecule is NCc1cnc2c(Cl)cccc2c1. The molecule has 0 aliphatic carbocycles. The Morgan fingerprint density at radius 3 is 3.00 bits per heavy atom. The van der Waals surface area contributed by atoms with Gasteiger partial charge in [0.15, 0.2) is 0 Å². The first-order valence-corrected chi connectivity index (χ1v) is 4.42. The number of hydrogen-bond acceptors (Lipinski definition) is 2. The number of rotatable bonds is 1. The van der Waals surface area contributed by atoms with E-state index in [1.165, 1.54) is 0 Å². The fourth-order valence-electron chi connectivity index (χ4n) is 1.28. The highest BCUT2D eigenvalue weighted by Gasteiger charge is 1.99. The molecule has 13 heavy (non-hydrogen) atoms. The molecule has 1 aromatic heterocycles. The van der Waals surface area contributed by atoms with Crippen LogP contribution in [0.25, 0.3) is 10.9 Å². The van der Waals surface area contributed by atoms with Crippen LogP contribution in [0.5, 0.6) is 0 Å². The van der Waals surface area contributed by atoms with Crippen molar-refractivity contribution in [1.29, 1.82) is 0 Å². The summed E-state index contributed by atoms with van der Waals surface area (Å²) in [5.41, 5.74) is 7.36. The van der Waals surface area contributed by atoms with Gasteiger partial charge in [0, 0.05) is 18.1 Å². The highest BCUT2D eigenvalue weighted by molar-refractivity contribution is 6.35. The highest BCUT2D eigenvalue weighted by Crippen LogP contribution is 2.21. The van der Waals surface area contributed by atoms with Crippen molar-refractivity contribution in [2.24, 2.45) is 5.73 Å². The minimum Gasteiger partial charge on any atom is -0.326 e. The minimum atomic E-state index is 0.509. The molecule has 2 nitrogen and oxygen atoms in total. The van der Waals surface area contributed by atoms with Crippen molar-refractivity contribution in [3.05, 3.63) is 41.0 Å². The zero-order valence-corrected chi connectivity index (χ0v) is 7.75. The molecule has 0 saturated carbocycles. The Hall–Kier alpha value is -1.12. The van der Waals surface area contributed by atoms with Crippen molar-refractivity contribution < 1.29 is 0 Å². The van der Waals surface area contributed by atoms with Gasteiger partial charge < -0.3 is 5.73 Å². The molecular formula is C10H9ClN2. The fraction of sp³-hybridized carbons (Fsp3) is 0.100. The monoisotopic (exact) mass is 192 g/mol. The van der Waals surface area contributed by atoms with Gasteiger partial charge >= 0.3 is 0 Å². The summed E-state index contributed by atoms with van der Waals surface area (Å²) < 4.78 is 0. The van der Waals surface area contributed by atoms with Gasteiger partial charge in [-0.15, -0.1) is 0 Å². The van der Waals surface area contributed by atoms with E-state index in [4.69, 9.17) is 17.3 Å². The van der Waals surface area contributed by atoms with Gasteiger partial charge in [-0.3, -0.25) is 4.98 Å². The standard InChI is InChI=1S/C10H9ClN2/c11-9-3-1-2-8-4-7(5-12)6-13-10(8)9/h1-4,6H,5,12H2. The molecule has 0 spiro atoms. The van der Waals surface area contributed by atoms with Crippen molar-refractivity contribution in [1.82, 2.24) is 4.98 Å². The van der Waals surface area contributed by atoms with E-state index in [-0.39, 0.29) is 0 Å². The Bertz CT molecular complexity index is 440. The Labute approximate surface area is 81.3 Å². The summed E-state index contributed by atoms with van der Waals surface area (Å²) >= 11 is 5.96. The van der Waals surface area contributed by atoms with E-state index < -0.39 is 0 Å². The third-order valence-electron chi connectivity index (χ3n) is 1.95. The summed E-state index contributed by atoms with van der Waals surface area (Å²) in [6.07, 6.45) is 1.76. The van der Waals surface area contributed by atoms with Crippen molar-refractivity contribution in [3.8, 4) is 0 Å². The molecule has 0 unspecified atom stereocenters. The first kappa shape index (κ1) is 8.48. The molecule has 66 valence electrons. The Balaban J connectivity index is 2.72. The van der Waals surface area contributed by atoms with Crippen LogP contribution < -0.4 is 5.73 Å². The van der Waals surface area contributed by atoms with Crippen LogP contribution in [0.2, 0.25) is 5.02 Å². The van der Waals surface area contributed by atoms with Gasteiger partial charge in [0.1, 0.15) is 0 Å². The molecule has 0 atom stereocenters. The first-order chi connectivity index (χ1) is 6.31. The van der Waals surface area contributed by atoms with Crippen LogP contribution in [-0.4, -0.2) is 4.98 Å². The molecule has 0 amide bonds. The summed E-state index contributed by atoms with van der Waals surface area (Å²) in [6.45, 7) is 0.509. The van der Waals surface area contributed by atoms with Gasteiger partial charge in [-0.05, 0) is 17.7 Å². The Morgan fingerprint density at radius 2 is 2.23 bits per heavy atom. The third-order valence-corrected chi connectivity index (χ3v) is 2.26. The van der Waals surface area contributed by atoms with E-state index in [1.54, 1.807) is 6.20 Å². The zero-order chi connectivity index (χ0) is 9.26. The van der Waals surface area contributed by atoms with Crippen LogP contribution in [0.1, 0.15) is 5.56 Å². The van der Waals surface area contributed by atoms with Crippen LogP contribution in [0, 0.1) is 0 Å². The predicted octanol–water partition coefficient (Wildman–Crippen LogP) is 2.35. The molecule has 0 radical (unpaired) electrons. The van der Waals surface area contributed by atoms with Gasteiger partial charge in [-0.25, -0.2) is 0 Å². The number of fused-ring (bicyclic) bond motifs is 1. The first-order valence-electron chi connectivity index (χ1n) is 4.04. The summed E-state index contributed by atoms with van der Waals surface area (Å²) in [4.78, 5) is 4.24. The molecule has 0 bridgehead atoms. The number of halogens is 1. The number of nitrogens with two attached hydrogens (primary N) is 1. The molecule has 1 heterocycles. The van der Waals surface area contributed by atoms with E-state index in [0.717, 1.165) is 16.5 Å². The van der Waals surface area contributed by atoms with Crippen molar-refractivity contribution >= 4 is 22.5 Å². The van der Waals surface area contributed by atoms with Gasteiger partial charge in [0.2, 0.25) is 0 Å². The average Bonchev–Trinajstić information content (AvgIpc) is 2.18. The predicted molar refractivity (Wildman–Crippen MR) is 54.6 cm³/mol. The van der Waals surface area contributed by atoms with Crippen molar-refractivity contribution in [2.45, 2.75) is 6.54 Å². The molecule has 2 rings (SSSR count). The second-order valence-electron chi connectivity index (χ2n) is 2.86. The largest absolute Gasteiger partial charge is 0.326 e. The van der Waals surface area contributed by atoms with E-state index in [9.17, 15) is 0 Å². The molecule has 2 aromatic rings. The Morgan fingerprint density at radius 1 is 1.38 bits per heavy atom. The number of benzene rings is 1. The number of pyridine rings is 1. The molecular weight excluding hydrogens is 184 g/mol. The number of para-hydroxylation sites is 1. The lowest BCUT2D eigenvalue weighted by Gasteiger charge is -2.01. The average molecular weight is 193 g/mol. The van der Waals surface area contributed by atoms with Gasteiger partial charge in [-0.2, -0.15) is 0 Å². The normalized spacial score (nSPS) is 10.6. The smallest absolute Gasteiger partial charge is 0.0888 e. The van der Waals surface area contributed by atoms with E-state index in [0.29, 0.717) is 11.6 Å². The maximum atomic E-state index is 5.96. The van der Waals surface area contributed by atoms with Crippen LogP contribution in [0.15, 0.2) is 30.5 Å². The van der Waals surface area contributed by atoms with Gasteiger partial charge in [0.05, 0.1) is 10.5 Å². The Kier molecular flexibility index (Phi) is 2.17. The van der Waals surface area contributed by atoms with Crippen molar-refractivity contribution in [3.63, 3.8) is 0 Å². The van der Waals surface area contributed by atoms with Crippen LogP contribution in [0.4, 0.5) is 0 Å². The molecule has 2 N–H and O–H groups in total. The van der Waals surface area contributed by atoms with E-state index in [1.807, 2.05) is 24.3 Å². The number of hydrogen-bond donors (Lipinski definition) is 1. The highest BCUT2D eigenvalue weighted by atomic mass is 35.5. The van der Waals surface area contributed by atoms with Crippen molar-refractivity contribution in [2.75, 3.05) is 0 Å². The molecule has 0 aliphatic rings. The quantitative estimate of drug-likeness (QED) is 0.754.